The molecule has 2 aliphatic heterocycles. The topological polar surface area (TPSA) is 145 Å². The number of hydrogen-bond acceptors (Lipinski definition) is 6. The zero-order chi connectivity index (χ0) is 31.9. The average molecular weight is 623 g/mol. The fourth-order valence-electron chi connectivity index (χ4n) is 5.64. The molecule has 1 saturated heterocycles. The van der Waals surface area contributed by atoms with E-state index in [1.165, 1.54) is 0 Å². The fourth-order valence-corrected chi connectivity index (χ4v) is 5.81. The van der Waals surface area contributed by atoms with Gasteiger partial charge in [0, 0.05) is 60.2 Å². The minimum atomic E-state index is -1.36. The number of H-pyrrole nitrogens is 1. The Labute approximate surface area is 261 Å². The van der Waals surface area contributed by atoms with Crippen LogP contribution in [0.15, 0.2) is 48.7 Å². The molecule has 2 aliphatic rings. The number of amides is 4. The van der Waals surface area contributed by atoms with E-state index in [-0.39, 0.29) is 18.2 Å². The molecule has 0 radical (unpaired) electrons. The molecule has 4 amide bonds. The summed E-state index contributed by atoms with van der Waals surface area (Å²) in [4.78, 5) is 57.9. The SMILES string of the molecule is CC(C)(C)OC(=O)NC(C)(C)C(=O)N[C@H](Cc1c[nH]c2ccccc12)C(=O)N1CCC2(CC1)NC(=O)c1cc(Cl)ccc1N2. The van der Waals surface area contributed by atoms with E-state index < -0.39 is 34.8 Å². The normalized spacial score (nSPS) is 16.9. The largest absolute Gasteiger partial charge is 0.444 e. The highest BCUT2D eigenvalue weighted by Gasteiger charge is 2.43. The highest BCUT2D eigenvalue weighted by atomic mass is 35.5. The first-order valence-corrected chi connectivity index (χ1v) is 15.1. The number of carbonyl (C=O) groups is 4. The zero-order valence-corrected chi connectivity index (χ0v) is 26.4. The zero-order valence-electron chi connectivity index (χ0n) is 25.6. The molecule has 5 N–H and O–H groups in total. The molecule has 11 nitrogen and oxygen atoms in total. The molecule has 1 fully saturated rings. The first-order chi connectivity index (χ1) is 20.6. The van der Waals surface area contributed by atoms with E-state index >= 15 is 0 Å². The number of likely N-dealkylation sites (tertiary alicyclic amines) is 1. The van der Waals surface area contributed by atoms with E-state index in [0.717, 1.165) is 16.5 Å². The van der Waals surface area contributed by atoms with Gasteiger partial charge in [0.25, 0.3) is 5.91 Å². The van der Waals surface area contributed by atoms with Gasteiger partial charge in [0.05, 0.1) is 5.56 Å². The summed E-state index contributed by atoms with van der Waals surface area (Å²) in [5.41, 5.74) is 0.170. The molecule has 1 aromatic heterocycles. The van der Waals surface area contributed by atoms with Crippen LogP contribution in [0.25, 0.3) is 10.9 Å². The van der Waals surface area contributed by atoms with Gasteiger partial charge in [-0.15, -0.1) is 0 Å². The van der Waals surface area contributed by atoms with Crippen molar-refractivity contribution in [2.45, 2.75) is 76.7 Å². The number of rotatable bonds is 6. The maximum atomic E-state index is 14.1. The molecule has 3 heterocycles. The minimum absolute atomic E-state index is 0.217. The van der Waals surface area contributed by atoms with Crippen molar-refractivity contribution in [3.63, 3.8) is 0 Å². The molecular weight excluding hydrogens is 584 g/mol. The van der Waals surface area contributed by atoms with Crippen molar-refractivity contribution >= 4 is 52.0 Å². The first-order valence-electron chi connectivity index (χ1n) is 14.7. The van der Waals surface area contributed by atoms with Crippen LogP contribution < -0.4 is 21.3 Å². The monoisotopic (exact) mass is 622 g/mol. The molecule has 1 spiro atoms. The van der Waals surface area contributed by atoms with E-state index in [2.05, 4.69) is 26.3 Å². The summed E-state index contributed by atoms with van der Waals surface area (Å²) in [6, 6.07) is 12.0. The molecule has 3 aromatic rings. The number of benzene rings is 2. The van der Waals surface area contributed by atoms with Crippen LogP contribution in [0.5, 0.6) is 0 Å². The third-order valence-corrected chi connectivity index (χ3v) is 8.20. The highest BCUT2D eigenvalue weighted by molar-refractivity contribution is 6.31. The van der Waals surface area contributed by atoms with Crippen LogP contribution in [-0.2, 0) is 20.7 Å². The number of halogens is 1. The van der Waals surface area contributed by atoms with Crippen molar-refractivity contribution in [3.8, 4) is 0 Å². The molecule has 1 atom stereocenters. The smallest absolute Gasteiger partial charge is 0.408 e. The van der Waals surface area contributed by atoms with Crippen LogP contribution in [0.2, 0.25) is 5.02 Å². The number of piperidine rings is 1. The molecule has 44 heavy (non-hydrogen) atoms. The van der Waals surface area contributed by atoms with Gasteiger partial charge in [-0.05, 0) is 64.4 Å². The molecule has 0 saturated carbocycles. The quantitative estimate of drug-likeness (QED) is 0.277. The molecule has 234 valence electrons. The van der Waals surface area contributed by atoms with E-state index in [9.17, 15) is 19.2 Å². The van der Waals surface area contributed by atoms with E-state index in [0.29, 0.717) is 42.2 Å². The van der Waals surface area contributed by atoms with Gasteiger partial charge in [0.15, 0.2) is 0 Å². The summed E-state index contributed by atoms with van der Waals surface area (Å²) in [5.74, 6) is -0.988. The van der Waals surface area contributed by atoms with Gasteiger partial charge in [-0.1, -0.05) is 29.8 Å². The lowest BCUT2D eigenvalue weighted by atomic mass is 9.91. The summed E-state index contributed by atoms with van der Waals surface area (Å²) < 4.78 is 5.34. The van der Waals surface area contributed by atoms with E-state index in [4.69, 9.17) is 16.3 Å². The number of anilines is 1. The number of ether oxygens (including phenoxy) is 1. The second-order valence-electron chi connectivity index (χ2n) is 13.0. The van der Waals surface area contributed by atoms with Crippen molar-refractivity contribution in [1.29, 1.82) is 0 Å². The van der Waals surface area contributed by atoms with Gasteiger partial charge in [0.1, 0.15) is 22.8 Å². The van der Waals surface area contributed by atoms with Crippen molar-refractivity contribution in [1.82, 2.24) is 25.8 Å². The number of aromatic amines is 1. The Morgan fingerprint density at radius 2 is 1.75 bits per heavy atom. The van der Waals surface area contributed by atoms with Gasteiger partial charge in [-0.25, -0.2) is 4.79 Å². The van der Waals surface area contributed by atoms with Crippen LogP contribution in [0.1, 0.15) is 63.4 Å². The van der Waals surface area contributed by atoms with Gasteiger partial charge in [-0.3, -0.25) is 14.4 Å². The number of fused-ring (bicyclic) bond motifs is 2. The molecule has 0 aliphatic carbocycles. The maximum Gasteiger partial charge on any atom is 0.408 e. The van der Waals surface area contributed by atoms with Crippen LogP contribution in [0.4, 0.5) is 10.5 Å². The summed E-state index contributed by atoms with van der Waals surface area (Å²) in [5, 5.41) is 13.5. The van der Waals surface area contributed by atoms with Gasteiger partial charge < -0.3 is 35.9 Å². The Morgan fingerprint density at radius 3 is 2.45 bits per heavy atom. The Kier molecular flexibility index (Phi) is 8.28. The standard InChI is InChI=1S/C32H39ClN6O5/c1-30(2,3)44-29(43)38-31(4,5)28(42)35-25(16-19-18-34-23-9-7-6-8-21(19)23)27(41)39-14-12-32(13-15-39)36-24-11-10-20(33)17-22(24)26(40)37-32/h6-11,17-18,25,34,36H,12-16H2,1-5H3,(H,35,42)(H,37,40)(H,38,43)/t25-/m1/s1. The molecule has 0 bridgehead atoms. The second kappa shape index (κ2) is 11.7. The Morgan fingerprint density at radius 1 is 1.05 bits per heavy atom. The van der Waals surface area contributed by atoms with Crippen molar-refractivity contribution < 1.29 is 23.9 Å². The first kappa shape index (κ1) is 31.2. The predicted octanol–water partition coefficient (Wildman–Crippen LogP) is 4.33. The summed E-state index contributed by atoms with van der Waals surface area (Å²) in [6.45, 7) is 9.05. The Balaban J connectivity index is 1.33. The lowest BCUT2D eigenvalue weighted by molar-refractivity contribution is -0.139. The fraction of sp³-hybridized carbons (Fsp3) is 0.438. The number of hydrogen-bond donors (Lipinski definition) is 5. The maximum absolute atomic E-state index is 14.1. The number of nitrogens with one attached hydrogen (secondary N) is 5. The summed E-state index contributed by atoms with van der Waals surface area (Å²) in [7, 11) is 0. The van der Waals surface area contributed by atoms with E-state index in [1.54, 1.807) is 57.7 Å². The van der Waals surface area contributed by atoms with Crippen LogP contribution in [0, 0.1) is 0 Å². The highest BCUT2D eigenvalue weighted by Crippen LogP contribution is 2.33. The number of carbonyl (C=O) groups excluding carboxylic acids is 4. The van der Waals surface area contributed by atoms with Gasteiger partial charge in [0.2, 0.25) is 11.8 Å². The molecule has 5 rings (SSSR count). The Hall–Kier alpha value is -4.25. The predicted molar refractivity (Wildman–Crippen MR) is 168 cm³/mol. The van der Waals surface area contributed by atoms with Crippen LogP contribution in [0.3, 0.4) is 0 Å². The lowest BCUT2D eigenvalue weighted by Gasteiger charge is -2.46. The third kappa shape index (κ3) is 6.77. The number of alkyl carbamates (subject to hydrolysis) is 1. The number of nitrogens with zero attached hydrogens (tertiary/aromatic N) is 1. The van der Waals surface area contributed by atoms with Gasteiger partial charge >= 0.3 is 6.09 Å². The third-order valence-electron chi connectivity index (χ3n) is 7.97. The summed E-state index contributed by atoms with van der Waals surface area (Å²) in [6.07, 6.45) is 2.28. The molecular formula is C32H39ClN6O5. The van der Waals surface area contributed by atoms with Crippen LogP contribution in [-0.4, -0.2) is 69.6 Å². The molecule has 2 aromatic carbocycles. The van der Waals surface area contributed by atoms with Crippen molar-refractivity contribution in [2.75, 3.05) is 18.4 Å². The van der Waals surface area contributed by atoms with E-state index in [1.807, 2.05) is 30.5 Å². The molecule has 12 heteroatoms. The second-order valence-corrected chi connectivity index (χ2v) is 13.5. The Bertz CT molecular complexity index is 1600. The average Bonchev–Trinajstić information content (AvgIpc) is 3.34. The van der Waals surface area contributed by atoms with Crippen molar-refractivity contribution in [3.05, 3.63) is 64.8 Å². The van der Waals surface area contributed by atoms with Crippen molar-refractivity contribution in [2.24, 2.45) is 0 Å². The van der Waals surface area contributed by atoms with Crippen LogP contribution >= 0.6 is 11.6 Å². The summed E-state index contributed by atoms with van der Waals surface area (Å²) >= 11 is 6.09. The lowest BCUT2D eigenvalue weighted by Crippen LogP contribution is -2.64. The molecule has 0 unspecified atom stereocenters. The number of para-hydroxylation sites is 1. The van der Waals surface area contributed by atoms with Gasteiger partial charge in [-0.2, -0.15) is 0 Å². The minimum Gasteiger partial charge on any atom is -0.444 e. The number of aromatic nitrogens is 1.